The number of unbranched alkanes of at least 4 members (excludes halogenated alkanes) is 3. The first-order valence-corrected chi connectivity index (χ1v) is 16.8. The van der Waals surface area contributed by atoms with Gasteiger partial charge in [-0.3, -0.25) is 4.79 Å². The summed E-state index contributed by atoms with van der Waals surface area (Å²) in [6.07, 6.45) is 8.47. The molecule has 0 fully saturated rings. The number of rotatable bonds is 16. The Labute approximate surface area is 235 Å². The summed E-state index contributed by atoms with van der Waals surface area (Å²) in [6.45, 7) is 9.83. The first kappa shape index (κ1) is 32.8. The van der Waals surface area contributed by atoms with E-state index in [4.69, 9.17) is 4.74 Å². The Kier molecular flexibility index (Phi) is 14.0. The number of hydrogen-bond donors (Lipinski definition) is 0. The van der Waals surface area contributed by atoms with Crippen molar-refractivity contribution >= 4 is 36.3 Å². The van der Waals surface area contributed by atoms with Crippen molar-refractivity contribution in [3.63, 3.8) is 0 Å². The smallest absolute Gasteiger partial charge is 0.362 e. The minimum atomic E-state index is -1.97. The van der Waals surface area contributed by atoms with Crippen molar-refractivity contribution in [2.45, 2.75) is 83.1 Å². The quantitative estimate of drug-likeness (QED) is 0.0379. The van der Waals surface area contributed by atoms with Crippen LogP contribution in [0.5, 0.6) is 0 Å². The second kappa shape index (κ2) is 16.7. The Morgan fingerprint density at radius 2 is 1.51 bits per heavy atom. The summed E-state index contributed by atoms with van der Waals surface area (Å²) < 4.78 is 35.1. The second-order valence-corrected chi connectivity index (χ2v) is 14.2. The number of ether oxygens (including phenoxy) is 1. The Balaban J connectivity index is 2.54. The van der Waals surface area contributed by atoms with E-state index in [-0.39, 0.29) is 11.6 Å². The summed E-state index contributed by atoms with van der Waals surface area (Å²) in [6, 6.07) is 8.02. The third-order valence-corrected chi connectivity index (χ3v) is 11.1. The van der Waals surface area contributed by atoms with Gasteiger partial charge in [0.1, 0.15) is 5.03 Å². The maximum absolute atomic E-state index is 15.1. The van der Waals surface area contributed by atoms with Gasteiger partial charge in [0.15, 0.2) is 5.82 Å². The summed E-state index contributed by atoms with van der Waals surface area (Å²) in [5.41, 5.74) is -0.297. The zero-order valence-electron chi connectivity index (χ0n) is 23.6. The van der Waals surface area contributed by atoms with E-state index in [2.05, 4.69) is 35.7 Å². The van der Waals surface area contributed by atoms with E-state index in [1.807, 2.05) is 19.1 Å². The van der Waals surface area contributed by atoms with Gasteiger partial charge in [0.25, 0.3) is 0 Å². The Morgan fingerprint density at radius 1 is 0.949 bits per heavy atom. The Hall–Kier alpha value is -2.38. The molecule has 0 spiro atoms. The molecule has 6 nitrogen and oxygen atoms in total. The first-order valence-electron chi connectivity index (χ1n) is 13.7. The number of pyridine rings is 1. The van der Waals surface area contributed by atoms with Gasteiger partial charge in [-0.2, -0.15) is 9.24 Å². The van der Waals surface area contributed by atoms with Crippen LogP contribution in [0.1, 0.15) is 82.1 Å². The van der Waals surface area contributed by atoms with E-state index in [0.29, 0.717) is 4.90 Å². The minimum Gasteiger partial charge on any atom is -0.461 e. The van der Waals surface area contributed by atoms with Gasteiger partial charge in [-0.05, 0) is 69.8 Å². The number of esters is 1. The summed E-state index contributed by atoms with van der Waals surface area (Å²) in [5.74, 6) is -4.16. The van der Waals surface area contributed by atoms with E-state index in [9.17, 15) is 14.0 Å². The lowest BCUT2D eigenvalue weighted by molar-refractivity contribution is -0.134. The average molecular weight is 580 g/mol. The van der Waals surface area contributed by atoms with E-state index < -0.39 is 41.8 Å². The third kappa shape index (κ3) is 9.95. The van der Waals surface area contributed by atoms with Gasteiger partial charge in [0.05, 0.1) is 12.2 Å². The lowest BCUT2D eigenvalue weighted by atomic mass is 10.1. The predicted octanol–water partition coefficient (Wildman–Crippen LogP) is 8.52. The molecule has 0 aliphatic carbocycles. The van der Waals surface area contributed by atoms with Crippen LogP contribution in [-0.4, -0.2) is 47.5 Å². The average Bonchev–Trinajstić information content (AvgIpc) is 2.92. The van der Waals surface area contributed by atoms with Crippen molar-refractivity contribution in [1.82, 2.24) is 4.98 Å². The van der Waals surface area contributed by atoms with Gasteiger partial charge < -0.3 is 4.74 Å². The molecule has 1 aromatic heterocycles. The van der Waals surface area contributed by atoms with Crippen molar-refractivity contribution in [2.75, 3.05) is 25.1 Å². The molecule has 0 aliphatic rings. The number of ketones is 1. The van der Waals surface area contributed by atoms with Crippen molar-refractivity contribution in [2.24, 2.45) is 9.96 Å². The minimum absolute atomic E-state index is 0.00581. The molecule has 0 aliphatic heterocycles. The molecule has 0 saturated carbocycles. The van der Waals surface area contributed by atoms with Crippen LogP contribution in [0, 0.1) is 18.7 Å². The molecule has 0 atom stereocenters. The van der Waals surface area contributed by atoms with Gasteiger partial charge >= 0.3 is 5.97 Å². The van der Waals surface area contributed by atoms with Gasteiger partial charge in [-0.15, -0.1) is 5.10 Å². The predicted molar refractivity (Wildman–Crippen MR) is 157 cm³/mol. The van der Waals surface area contributed by atoms with Gasteiger partial charge in [-0.25, -0.2) is 14.2 Å². The second-order valence-electron chi connectivity index (χ2n) is 9.44. The zero-order valence-corrected chi connectivity index (χ0v) is 25.3. The van der Waals surface area contributed by atoms with Crippen LogP contribution < -0.4 is 0 Å². The molecule has 1 aromatic carbocycles. The van der Waals surface area contributed by atoms with Crippen molar-refractivity contribution < 1.29 is 23.1 Å². The Bertz CT molecular complexity index is 1170. The maximum Gasteiger partial charge on any atom is 0.362 e. The van der Waals surface area contributed by atoms with Crippen LogP contribution in [0.15, 0.2) is 50.2 Å². The highest BCUT2D eigenvalue weighted by Gasteiger charge is 2.29. The van der Waals surface area contributed by atoms with E-state index in [1.165, 1.54) is 0 Å². The molecule has 39 heavy (non-hydrogen) atoms. The lowest BCUT2D eigenvalue weighted by Crippen LogP contribution is -2.27. The molecular formula is C29H40F2N3O3PS. The number of benzene rings is 1. The van der Waals surface area contributed by atoms with Crippen LogP contribution in [0.25, 0.3) is 0 Å². The fraction of sp³-hybridized carbons (Fsp3) is 0.517. The highest BCUT2D eigenvalue weighted by molar-refractivity contribution is 7.99. The molecule has 1 heterocycles. The fourth-order valence-electron chi connectivity index (χ4n) is 3.87. The van der Waals surface area contributed by atoms with Gasteiger partial charge in [-0.1, -0.05) is 69.5 Å². The molecule has 2 aromatic rings. The van der Waals surface area contributed by atoms with Crippen molar-refractivity contribution in [1.29, 1.82) is 0 Å². The number of Topliss-reactive ketones (excluding diaryl/α,β-unsaturated/α-hetero) is 1. The number of aryl methyl sites for hydroxylation is 1. The summed E-state index contributed by atoms with van der Waals surface area (Å²) >= 11 is 0.943. The number of aromatic nitrogens is 1. The largest absolute Gasteiger partial charge is 0.461 e. The van der Waals surface area contributed by atoms with Crippen molar-refractivity contribution in [3.8, 4) is 0 Å². The van der Waals surface area contributed by atoms with E-state index in [1.54, 1.807) is 19.1 Å². The summed E-state index contributed by atoms with van der Waals surface area (Å²) in [7, 11) is -1.97. The summed E-state index contributed by atoms with van der Waals surface area (Å²) in [5, 5.41) is 3.95. The Morgan fingerprint density at radius 3 is 2.03 bits per heavy atom. The fourth-order valence-corrected chi connectivity index (χ4v) is 8.58. The first-order chi connectivity index (χ1) is 18.7. The van der Waals surface area contributed by atoms with E-state index >= 15 is 4.39 Å². The van der Waals surface area contributed by atoms with Crippen LogP contribution >= 0.6 is 18.8 Å². The zero-order chi connectivity index (χ0) is 28.8. The van der Waals surface area contributed by atoms with Gasteiger partial charge in [0, 0.05) is 11.9 Å². The van der Waals surface area contributed by atoms with Crippen LogP contribution in [0.3, 0.4) is 0 Å². The maximum atomic E-state index is 15.1. The van der Waals surface area contributed by atoms with Crippen LogP contribution in [0.4, 0.5) is 8.78 Å². The normalized spacial score (nSPS) is 11.9. The molecule has 0 unspecified atom stereocenters. The molecule has 0 saturated heterocycles. The molecular weight excluding hydrogens is 539 g/mol. The molecule has 0 radical (unpaired) electrons. The molecule has 0 amide bonds. The highest BCUT2D eigenvalue weighted by Crippen LogP contribution is 2.52. The summed E-state index contributed by atoms with van der Waals surface area (Å²) in [4.78, 5) is 35.2. The standard InChI is InChI=1S/C29H40F2N3O3PS/c1-6-10-17-38(18-11-7-2,19-12-8-3)34-33-25(29(36)37-9-4)26(35)23-20-24(30)28(32-27(23)31)39-22-15-13-21(5)14-16-22/h13-16,20H,6-12,17-19H2,1-5H3/b33-25-. The van der Waals surface area contributed by atoms with E-state index in [0.717, 1.165) is 80.4 Å². The van der Waals surface area contributed by atoms with Crippen molar-refractivity contribution in [3.05, 3.63) is 53.2 Å². The number of hydrogen-bond acceptors (Lipinski definition) is 6. The van der Waals surface area contributed by atoms with Crippen LogP contribution in [0.2, 0.25) is 0 Å². The molecule has 2 rings (SSSR count). The third-order valence-electron chi connectivity index (χ3n) is 6.18. The van der Waals surface area contributed by atoms with Crippen LogP contribution in [-0.2, 0) is 9.53 Å². The highest BCUT2D eigenvalue weighted by atomic mass is 32.2. The SMILES string of the molecule is CCCCP(CCCC)(CCCC)=N/N=C(\C(=O)OCC)C(=O)c1cc(F)c(Sc2ccc(C)cc2)nc1F. The number of carbonyl (C=O) groups is 2. The molecule has 0 bridgehead atoms. The van der Waals surface area contributed by atoms with Gasteiger partial charge in [0.2, 0.25) is 17.4 Å². The number of carbonyl (C=O) groups excluding carboxylic acids is 2. The number of nitrogens with zero attached hydrogens (tertiary/aromatic N) is 3. The topological polar surface area (TPSA) is 81.0 Å². The lowest BCUT2D eigenvalue weighted by Gasteiger charge is -2.23. The number of halogens is 2. The molecule has 10 heteroatoms. The molecule has 0 N–H and O–H groups in total. The monoisotopic (exact) mass is 579 g/mol. The molecule has 214 valence electrons.